The van der Waals surface area contributed by atoms with Crippen molar-refractivity contribution < 1.29 is 4.79 Å². The van der Waals surface area contributed by atoms with Gasteiger partial charge in [-0.2, -0.15) is 0 Å². The maximum absolute atomic E-state index is 10.6. The molecule has 0 bridgehead atoms. The molecule has 1 heterocycles. The van der Waals surface area contributed by atoms with E-state index in [1.165, 1.54) is 11.4 Å². The van der Waals surface area contributed by atoms with Crippen LogP contribution in [-0.4, -0.2) is 19.4 Å². The summed E-state index contributed by atoms with van der Waals surface area (Å²) in [4.78, 5) is 13.6. The molecule has 3 heteroatoms. The van der Waals surface area contributed by atoms with Crippen LogP contribution in [0.15, 0.2) is 12.1 Å². The van der Waals surface area contributed by atoms with Gasteiger partial charge < -0.3 is 4.90 Å². The summed E-state index contributed by atoms with van der Waals surface area (Å²) in [5.74, 6) is 0.702. The van der Waals surface area contributed by atoms with Gasteiger partial charge in [-0.3, -0.25) is 4.79 Å². The van der Waals surface area contributed by atoms with Gasteiger partial charge in [0.05, 0.1) is 9.88 Å². The molecular weight excluding hydrogens is 206 g/mol. The first-order chi connectivity index (χ1) is 7.04. The summed E-state index contributed by atoms with van der Waals surface area (Å²) in [6.45, 7) is 6.69. The van der Waals surface area contributed by atoms with Crippen LogP contribution >= 0.6 is 11.3 Å². The fourth-order valence-corrected chi connectivity index (χ4v) is 2.54. The lowest BCUT2D eigenvalue weighted by Crippen LogP contribution is -2.29. The molecule has 1 aromatic rings. The predicted octanol–water partition coefficient (Wildman–Crippen LogP) is 3.43. The molecule has 1 unspecified atom stereocenters. The molecule has 0 radical (unpaired) electrons. The van der Waals surface area contributed by atoms with Crippen LogP contribution in [0.4, 0.5) is 5.00 Å². The van der Waals surface area contributed by atoms with E-state index in [-0.39, 0.29) is 0 Å². The Hall–Kier alpha value is -0.830. The molecule has 1 rings (SSSR count). The van der Waals surface area contributed by atoms with Crippen molar-refractivity contribution in [3.05, 3.63) is 17.0 Å². The lowest BCUT2D eigenvalue weighted by molar-refractivity contribution is 0.112. The van der Waals surface area contributed by atoms with E-state index in [0.717, 1.165) is 11.2 Å². The van der Waals surface area contributed by atoms with Gasteiger partial charge in [0.1, 0.15) is 0 Å². The SMILES string of the molecule is CC(C)CC(C)N(C)c1ccc(C=O)s1. The Morgan fingerprint density at radius 3 is 2.53 bits per heavy atom. The molecule has 0 N–H and O–H groups in total. The van der Waals surface area contributed by atoms with Crippen molar-refractivity contribution in [3.8, 4) is 0 Å². The van der Waals surface area contributed by atoms with Gasteiger partial charge in [-0.1, -0.05) is 13.8 Å². The average Bonchev–Trinajstić information content (AvgIpc) is 2.63. The normalized spacial score (nSPS) is 12.9. The van der Waals surface area contributed by atoms with E-state index >= 15 is 0 Å². The molecule has 0 saturated heterocycles. The van der Waals surface area contributed by atoms with Gasteiger partial charge in [0, 0.05) is 13.1 Å². The van der Waals surface area contributed by atoms with Crippen LogP contribution in [-0.2, 0) is 0 Å². The van der Waals surface area contributed by atoms with Gasteiger partial charge in [-0.05, 0) is 31.4 Å². The second-order valence-corrected chi connectivity index (χ2v) is 5.48. The lowest BCUT2D eigenvalue weighted by atomic mass is 10.0. The molecule has 0 aliphatic carbocycles. The van der Waals surface area contributed by atoms with Crippen molar-refractivity contribution in [1.82, 2.24) is 0 Å². The van der Waals surface area contributed by atoms with E-state index in [4.69, 9.17) is 0 Å². The Morgan fingerprint density at radius 1 is 1.40 bits per heavy atom. The smallest absolute Gasteiger partial charge is 0.160 e. The Balaban J connectivity index is 2.66. The highest BCUT2D eigenvalue weighted by Gasteiger charge is 2.13. The van der Waals surface area contributed by atoms with Crippen molar-refractivity contribution in [1.29, 1.82) is 0 Å². The number of thiophene rings is 1. The lowest BCUT2D eigenvalue weighted by Gasteiger charge is -2.26. The van der Waals surface area contributed by atoms with E-state index in [1.807, 2.05) is 12.1 Å². The Bertz CT molecular complexity index is 319. The van der Waals surface area contributed by atoms with E-state index < -0.39 is 0 Å². The minimum atomic E-state index is 0.517. The number of carbonyl (C=O) groups excluding carboxylic acids is 1. The van der Waals surface area contributed by atoms with E-state index in [2.05, 4.69) is 32.7 Å². The maximum atomic E-state index is 10.6. The molecule has 0 amide bonds. The van der Waals surface area contributed by atoms with Crippen molar-refractivity contribution in [3.63, 3.8) is 0 Å². The van der Waals surface area contributed by atoms with Crippen molar-refractivity contribution in [2.24, 2.45) is 5.92 Å². The topological polar surface area (TPSA) is 20.3 Å². The highest BCUT2D eigenvalue weighted by atomic mass is 32.1. The molecule has 0 fully saturated rings. The van der Waals surface area contributed by atoms with E-state index in [9.17, 15) is 4.79 Å². The van der Waals surface area contributed by atoms with Crippen LogP contribution in [0.2, 0.25) is 0 Å². The fourth-order valence-electron chi connectivity index (χ4n) is 1.65. The summed E-state index contributed by atoms with van der Waals surface area (Å²) in [6, 6.07) is 4.42. The van der Waals surface area contributed by atoms with Gasteiger partial charge in [-0.15, -0.1) is 11.3 Å². The molecule has 15 heavy (non-hydrogen) atoms. The minimum Gasteiger partial charge on any atom is -0.364 e. The van der Waals surface area contributed by atoms with Crippen LogP contribution in [0.3, 0.4) is 0 Å². The third-order valence-electron chi connectivity index (χ3n) is 2.55. The number of rotatable bonds is 5. The second kappa shape index (κ2) is 5.31. The summed E-state index contributed by atoms with van der Waals surface area (Å²) >= 11 is 1.55. The summed E-state index contributed by atoms with van der Waals surface area (Å²) < 4.78 is 0. The van der Waals surface area contributed by atoms with Crippen molar-refractivity contribution >= 4 is 22.6 Å². The number of anilines is 1. The summed E-state index contributed by atoms with van der Waals surface area (Å²) in [5, 5.41) is 1.17. The third kappa shape index (κ3) is 3.34. The molecule has 2 nitrogen and oxygen atoms in total. The number of nitrogens with zero attached hydrogens (tertiary/aromatic N) is 1. The average molecular weight is 225 g/mol. The zero-order valence-corrected chi connectivity index (χ0v) is 10.7. The highest BCUT2D eigenvalue weighted by Crippen LogP contribution is 2.26. The number of carbonyl (C=O) groups is 1. The monoisotopic (exact) mass is 225 g/mol. The first-order valence-corrected chi connectivity index (χ1v) is 6.14. The predicted molar refractivity (Wildman–Crippen MR) is 67.0 cm³/mol. The molecule has 84 valence electrons. The number of aldehydes is 1. The molecular formula is C12H19NOS. The van der Waals surface area contributed by atoms with Gasteiger partial charge in [-0.25, -0.2) is 0 Å². The van der Waals surface area contributed by atoms with Crippen LogP contribution in [0.5, 0.6) is 0 Å². The molecule has 0 aliphatic rings. The van der Waals surface area contributed by atoms with Crippen LogP contribution in [0.25, 0.3) is 0 Å². The molecule has 1 aromatic heterocycles. The zero-order valence-electron chi connectivity index (χ0n) is 9.86. The van der Waals surface area contributed by atoms with Crippen LogP contribution in [0.1, 0.15) is 36.9 Å². The first-order valence-electron chi connectivity index (χ1n) is 5.32. The largest absolute Gasteiger partial charge is 0.364 e. The number of hydrogen-bond acceptors (Lipinski definition) is 3. The molecule has 0 aliphatic heterocycles. The third-order valence-corrected chi connectivity index (χ3v) is 3.65. The molecule has 0 aromatic carbocycles. The van der Waals surface area contributed by atoms with Gasteiger partial charge >= 0.3 is 0 Å². The zero-order chi connectivity index (χ0) is 11.4. The Morgan fingerprint density at radius 2 is 2.07 bits per heavy atom. The summed E-state index contributed by atoms with van der Waals surface area (Å²) in [5.41, 5.74) is 0. The molecule has 0 saturated carbocycles. The Kier molecular flexibility index (Phi) is 4.33. The van der Waals surface area contributed by atoms with Gasteiger partial charge in [0.25, 0.3) is 0 Å². The van der Waals surface area contributed by atoms with E-state index in [1.54, 1.807) is 11.3 Å². The molecule has 1 atom stereocenters. The van der Waals surface area contributed by atoms with Gasteiger partial charge in [0.15, 0.2) is 6.29 Å². The quantitative estimate of drug-likeness (QED) is 0.716. The van der Waals surface area contributed by atoms with Gasteiger partial charge in [0.2, 0.25) is 0 Å². The fraction of sp³-hybridized carbons (Fsp3) is 0.583. The standard InChI is InChI=1S/C12H19NOS/c1-9(2)7-10(3)13(4)12-6-5-11(8-14)15-12/h5-6,8-10H,7H2,1-4H3. The van der Waals surface area contributed by atoms with E-state index in [0.29, 0.717) is 12.0 Å². The van der Waals surface area contributed by atoms with Crippen molar-refractivity contribution in [2.75, 3.05) is 11.9 Å². The maximum Gasteiger partial charge on any atom is 0.160 e. The minimum absolute atomic E-state index is 0.517. The summed E-state index contributed by atoms with van der Waals surface area (Å²) in [7, 11) is 2.09. The summed E-state index contributed by atoms with van der Waals surface area (Å²) in [6.07, 6.45) is 2.08. The second-order valence-electron chi connectivity index (χ2n) is 4.38. The number of hydrogen-bond donors (Lipinski definition) is 0. The molecule has 0 spiro atoms. The van der Waals surface area contributed by atoms with Crippen molar-refractivity contribution in [2.45, 2.75) is 33.2 Å². The highest BCUT2D eigenvalue weighted by molar-refractivity contribution is 7.17. The first kappa shape index (κ1) is 12.2. The van der Waals surface area contributed by atoms with Crippen LogP contribution < -0.4 is 4.90 Å². The Labute approximate surface area is 95.9 Å². The van der Waals surface area contributed by atoms with Crippen LogP contribution in [0, 0.1) is 5.92 Å².